The summed E-state index contributed by atoms with van der Waals surface area (Å²) >= 11 is 0. The van der Waals surface area contributed by atoms with Crippen molar-refractivity contribution in [2.75, 3.05) is 13.1 Å². The third-order valence-electron chi connectivity index (χ3n) is 5.21. The van der Waals surface area contributed by atoms with Gasteiger partial charge in [0.05, 0.1) is 11.6 Å². The van der Waals surface area contributed by atoms with E-state index in [9.17, 15) is 0 Å². The summed E-state index contributed by atoms with van der Waals surface area (Å²) in [5, 5.41) is 8.96. The van der Waals surface area contributed by atoms with Crippen molar-refractivity contribution in [3.05, 3.63) is 65.4 Å². The summed E-state index contributed by atoms with van der Waals surface area (Å²) in [7, 11) is 0. The van der Waals surface area contributed by atoms with Crippen molar-refractivity contribution in [2.24, 2.45) is 4.99 Å². The van der Waals surface area contributed by atoms with Gasteiger partial charge in [-0.1, -0.05) is 30.4 Å². The molecule has 1 saturated heterocycles. The second-order valence-corrected chi connectivity index (χ2v) is 7.14. The van der Waals surface area contributed by atoms with Crippen LogP contribution in [0.5, 0.6) is 0 Å². The Labute approximate surface area is 157 Å². The van der Waals surface area contributed by atoms with Gasteiger partial charge in [-0.05, 0) is 69.0 Å². The first-order chi connectivity index (χ1) is 12.7. The van der Waals surface area contributed by atoms with Gasteiger partial charge < -0.3 is 4.90 Å². The number of aliphatic imine (C=N–C) groups is 1. The van der Waals surface area contributed by atoms with Crippen LogP contribution in [0.2, 0.25) is 0 Å². The van der Waals surface area contributed by atoms with Gasteiger partial charge in [0.2, 0.25) is 0 Å². The Morgan fingerprint density at radius 2 is 2.00 bits per heavy atom. The summed E-state index contributed by atoms with van der Waals surface area (Å²) in [5.41, 5.74) is 5.22. The predicted molar refractivity (Wildman–Crippen MR) is 109 cm³/mol. The molecule has 1 fully saturated rings. The molecule has 0 saturated carbocycles. The van der Waals surface area contributed by atoms with Crippen molar-refractivity contribution in [2.45, 2.75) is 45.6 Å². The van der Waals surface area contributed by atoms with Crippen molar-refractivity contribution in [1.29, 1.82) is 5.26 Å². The first kappa shape index (κ1) is 18.4. The highest BCUT2D eigenvalue weighted by atomic mass is 15.2. The predicted octanol–water partition coefficient (Wildman–Crippen LogP) is 5.12. The fourth-order valence-electron chi connectivity index (χ4n) is 3.60. The standard InChI is InChI=1S/C23H27N3/c1-18-8-11-21(22-12-9-20(17-24)10-13-22)6-3-7-23(25-18)14-16-26-15-4-5-19(26)2/h6-13,19H,3-5,14-16H2,1-2H3/b11-8?,21-6-,23-7?,25-18?/t19-/m1/s1. The van der Waals surface area contributed by atoms with Crippen LogP contribution in [0.3, 0.4) is 0 Å². The van der Waals surface area contributed by atoms with Crippen LogP contribution in [0.15, 0.2) is 59.3 Å². The molecule has 0 unspecified atom stereocenters. The van der Waals surface area contributed by atoms with Gasteiger partial charge in [-0.3, -0.25) is 4.99 Å². The van der Waals surface area contributed by atoms with Gasteiger partial charge in [-0.2, -0.15) is 5.26 Å². The van der Waals surface area contributed by atoms with Gasteiger partial charge in [-0.15, -0.1) is 0 Å². The van der Waals surface area contributed by atoms with Gasteiger partial charge in [0, 0.05) is 30.4 Å². The number of benzene rings is 1. The van der Waals surface area contributed by atoms with E-state index in [0.717, 1.165) is 30.7 Å². The number of likely N-dealkylation sites (tertiary alicyclic amines) is 1. The molecule has 3 heteroatoms. The van der Waals surface area contributed by atoms with E-state index in [1.54, 1.807) is 0 Å². The zero-order valence-electron chi connectivity index (χ0n) is 15.8. The van der Waals surface area contributed by atoms with E-state index in [0.29, 0.717) is 11.6 Å². The molecule has 1 atom stereocenters. The quantitative estimate of drug-likeness (QED) is 0.759. The summed E-state index contributed by atoms with van der Waals surface area (Å²) in [6.45, 7) is 6.71. The summed E-state index contributed by atoms with van der Waals surface area (Å²) in [6.07, 6.45) is 13.2. The molecule has 0 aliphatic carbocycles. The molecule has 26 heavy (non-hydrogen) atoms. The molecule has 2 heterocycles. The maximum absolute atomic E-state index is 8.96. The maximum Gasteiger partial charge on any atom is 0.0991 e. The van der Waals surface area contributed by atoms with Crippen LogP contribution in [0.4, 0.5) is 0 Å². The third kappa shape index (κ3) is 4.80. The minimum atomic E-state index is 0.692. The topological polar surface area (TPSA) is 39.4 Å². The Kier molecular flexibility index (Phi) is 6.20. The van der Waals surface area contributed by atoms with Crippen molar-refractivity contribution in [1.82, 2.24) is 4.90 Å². The van der Waals surface area contributed by atoms with E-state index in [1.807, 2.05) is 24.3 Å². The summed E-state index contributed by atoms with van der Waals surface area (Å²) < 4.78 is 0. The lowest BCUT2D eigenvalue weighted by molar-refractivity contribution is 0.272. The molecule has 0 spiro atoms. The molecular weight excluding hydrogens is 318 g/mol. The zero-order chi connectivity index (χ0) is 18.4. The fraction of sp³-hybridized carbons (Fsp3) is 0.391. The molecule has 0 amide bonds. The molecule has 134 valence electrons. The molecule has 0 bridgehead atoms. The Hall–Kier alpha value is -2.44. The largest absolute Gasteiger partial charge is 0.300 e. The molecule has 2 aliphatic rings. The highest BCUT2D eigenvalue weighted by molar-refractivity contribution is 5.96. The normalized spacial score (nSPS) is 23.1. The molecular formula is C23H27N3. The summed E-state index contributed by atoms with van der Waals surface area (Å²) in [6, 6.07) is 10.6. The average molecular weight is 345 g/mol. The Balaban J connectivity index is 1.72. The number of allylic oxidation sites excluding steroid dienone is 5. The molecule has 2 aliphatic heterocycles. The van der Waals surface area contributed by atoms with Gasteiger partial charge in [0.25, 0.3) is 0 Å². The van der Waals surface area contributed by atoms with Gasteiger partial charge >= 0.3 is 0 Å². The SMILES string of the molecule is CC1=NC(CCN2CCC[C@H]2C)=CC/C=C(\c2ccc(C#N)cc2)C=C1. The van der Waals surface area contributed by atoms with Gasteiger partial charge in [0.1, 0.15) is 0 Å². The van der Waals surface area contributed by atoms with Crippen molar-refractivity contribution in [3.8, 4) is 6.07 Å². The van der Waals surface area contributed by atoms with Crippen LogP contribution in [-0.4, -0.2) is 29.7 Å². The van der Waals surface area contributed by atoms with E-state index in [-0.39, 0.29) is 0 Å². The van der Waals surface area contributed by atoms with Crippen LogP contribution in [0.1, 0.15) is 50.7 Å². The number of nitriles is 1. The van der Waals surface area contributed by atoms with Crippen LogP contribution < -0.4 is 0 Å². The number of hydrogen-bond donors (Lipinski definition) is 0. The van der Waals surface area contributed by atoms with E-state index >= 15 is 0 Å². The Bertz CT molecular complexity index is 788. The van der Waals surface area contributed by atoms with Crippen molar-refractivity contribution in [3.63, 3.8) is 0 Å². The second-order valence-electron chi connectivity index (χ2n) is 7.14. The number of nitrogens with zero attached hydrogens (tertiary/aromatic N) is 3. The molecule has 3 nitrogen and oxygen atoms in total. The minimum absolute atomic E-state index is 0.692. The van der Waals surface area contributed by atoms with Crippen LogP contribution in [-0.2, 0) is 0 Å². The summed E-state index contributed by atoms with van der Waals surface area (Å²) in [4.78, 5) is 7.40. The zero-order valence-corrected chi connectivity index (χ0v) is 15.8. The Morgan fingerprint density at radius 1 is 1.19 bits per heavy atom. The second kappa shape index (κ2) is 8.78. The smallest absolute Gasteiger partial charge is 0.0991 e. The highest BCUT2D eigenvalue weighted by Gasteiger charge is 2.19. The molecule has 1 aromatic carbocycles. The van der Waals surface area contributed by atoms with Crippen LogP contribution in [0.25, 0.3) is 5.57 Å². The van der Waals surface area contributed by atoms with Gasteiger partial charge in [-0.25, -0.2) is 0 Å². The molecule has 3 rings (SSSR count). The van der Waals surface area contributed by atoms with Crippen LogP contribution >= 0.6 is 0 Å². The molecule has 0 radical (unpaired) electrons. The first-order valence-corrected chi connectivity index (χ1v) is 9.53. The molecule has 1 aromatic rings. The first-order valence-electron chi connectivity index (χ1n) is 9.53. The summed E-state index contributed by atoms with van der Waals surface area (Å²) in [5.74, 6) is 0. The highest BCUT2D eigenvalue weighted by Crippen LogP contribution is 2.21. The minimum Gasteiger partial charge on any atom is -0.300 e. The lowest BCUT2D eigenvalue weighted by atomic mass is 10.0. The van der Waals surface area contributed by atoms with Gasteiger partial charge in [0.15, 0.2) is 0 Å². The number of hydrogen-bond acceptors (Lipinski definition) is 3. The van der Waals surface area contributed by atoms with E-state index < -0.39 is 0 Å². The van der Waals surface area contributed by atoms with E-state index in [2.05, 4.69) is 49.1 Å². The Morgan fingerprint density at radius 3 is 2.69 bits per heavy atom. The van der Waals surface area contributed by atoms with E-state index in [1.165, 1.54) is 30.7 Å². The van der Waals surface area contributed by atoms with Crippen molar-refractivity contribution >= 4 is 11.3 Å². The number of rotatable bonds is 4. The monoisotopic (exact) mass is 345 g/mol. The molecule has 0 aromatic heterocycles. The molecule has 0 N–H and O–H groups in total. The third-order valence-corrected chi connectivity index (χ3v) is 5.21. The fourth-order valence-corrected chi connectivity index (χ4v) is 3.60. The van der Waals surface area contributed by atoms with Crippen LogP contribution in [0, 0.1) is 11.3 Å². The average Bonchev–Trinajstić information content (AvgIpc) is 3.09. The maximum atomic E-state index is 8.96. The van der Waals surface area contributed by atoms with E-state index in [4.69, 9.17) is 10.3 Å². The lowest BCUT2D eigenvalue weighted by Crippen LogP contribution is -2.28. The van der Waals surface area contributed by atoms with Crippen molar-refractivity contribution < 1.29 is 0 Å². The lowest BCUT2D eigenvalue weighted by Gasteiger charge is -2.20.